The molecule has 0 spiro atoms. The summed E-state index contributed by atoms with van der Waals surface area (Å²) in [7, 11) is 0. The molecule has 2 amide bonds. The molecule has 10 heteroatoms. The Morgan fingerprint density at radius 2 is 1.34 bits per heavy atom. The minimum atomic E-state index is -0.546. The van der Waals surface area contributed by atoms with Gasteiger partial charge >= 0.3 is 0 Å². The van der Waals surface area contributed by atoms with E-state index in [9.17, 15) is 14.7 Å². The summed E-state index contributed by atoms with van der Waals surface area (Å²) < 4.78 is 13.5. The van der Waals surface area contributed by atoms with Crippen LogP contribution in [0.1, 0.15) is 78.7 Å². The fourth-order valence-electron chi connectivity index (χ4n) is 7.88. The second kappa shape index (κ2) is 21.1. The van der Waals surface area contributed by atoms with Crippen molar-refractivity contribution in [1.82, 2.24) is 15.1 Å². The zero-order valence-corrected chi connectivity index (χ0v) is 33.8. The molecule has 3 atom stereocenters. The van der Waals surface area contributed by atoms with Gasteiger partial charge in [0.2, 0.25) is 11.8 Å². The van der Waals surface area contributed by atoms with E-state index in [1.165, 1.54) is 5.56 Å². The number of hydrogen-bond acceptors (Lipinski definition) is 8. The number of carbonyl (C=O) groups excluding carboxylic acids is 2. The van der Waals surface area contributed by atoms with Gasteiger partial charge in [0.05, 0.1) is 30.2 Å². The van der Waals surface area contributed by atoms with Gasteiger partial charge in [-0.25, -0.2) is 0 Å². The number of hydrogen-bond donors (Lipinski definition) is 4. The van der Waals surface area contributed by atoms with Crippen LogP contribution >= 0.6 is 0 Å². The molecule has 0 bridgehead atoms. The molecule has 5 aromatic rings. The molecule has 0 radical (unpaired) electrons. The number of nitrogens with one attached hydrogen (secondary N) is 2. The lowest BCUT2D eigenvalue weighted by atomic mass is 9.98. The van der Waals surface area contributed by atoms with Crippen LogP contribution in [0, 0.1) is 0 Å². The van der Waals surface area contributed by atoms with Crippen molar-refractivity contribution in [3.8, 4) is 11.1 Å². The first-order chi connectivity index (χ1) is 28.9. The van der Waals surface area contributed by atoms with Crippen LogP contribution in [-0.2, 0) is 38.8 Å². The molecule has 0 aromatic heterocycles. The van der Waals surface area contributed by atoms with E-state index in [2.05, 4.69) is 93.2 Å². The monoisotopic (exact) mass is 795 g/mol. The van der Waals surface area contributed by atoms with Crippen LogP contribution in [0.2, 0.25) is 0 Å². The summed E-state index contributed by atoms with van der Waals surface area (Å²) in [6.07, 6.45) is 3.03. The van der Waals surface area contributed by atoms with E-state index in [0.717, 1.165) is 85.5 Å². The molecular weight excluding hydrogens is 739 g/mol. The molecule has 3 unspecified atom stereocenters. The highest BCUT2D eigenvalue weighted by Crippen LogP contribution is 2.39. The van der Waals surface area contributed by atoms with E-state index in [4.69, 9.17) is 15.2 Å². The molecule has 2 heterocycles. The molecule has 2 saturated heterocycles. The molecule has 7 rings (SSSR count). The highest BCUT2D eigenvalue weighted by Gasteiger charge is 2.34. The topological polar surface area (TPSA) is 129 Å². The predicted octanol–water partition coefficient (Wildman–Crippen LogP) is 8.00. The zero-order valence-electron chi connectivity index (χ0n) is 33.8. The van der Waals surface area contributed by atoms with Gasteiger partial charge in [0.15, 0.2) is 6.29 Å². The third-order valence-electron chi connectivity index (χ3n) is 11.2. The number of nitrogen functional groups attached to an aromatic ring is 1. The summed E-state index contributed by atoms with van der Waals surface area (Å²) >= 11 is 0. The SMILES string of the molecule is Nc1ccccc1NC(=O)CCCCCC(=O)NCc1cccc(-c2cccc(C3OC(CN4CCN(Cc5ccccc5)CC4)CC(c4ccc(CO)cc4)O3)c2)c1. The number of carbonyl (C=O) groups is 2. The van der Waals surface area contributed by atoms with Crippen molar-refractivity contribution in [2.24, 2.45) is 0 Å². The van der Waals surface area contributed by atoms with E-state index < -0.39 is 6.29 Å². The number of para-hydroxylation sites is 2. The Morgan fingerprint density at radius 1 is 0.661 bits per heavy atom. The Morgan fingerprint density at radius 3 is 2.10 bits per heavy atom. The Bertz CT molecular complexity index is 2100. The van der Waals surface area contributed by atoms with Crippen molar-refractivity contribution in [2.75, 3.05) is 43.8 Å². The number of rotatable bonds is 17. The summed E-state index contributed by atoms with van der Waals surface area (Å²) in [5.41, 5.74) is 14.5. The number of aliphatic hydroxyl groups excluding tert-OH is 1. The summed E-state index contributed by atoms with van der Waals surface area (Å²) in [6.45, 7) is 6.27. The quantitative estimate of drug-likeness (QED) is 0.0551. The van der Waals surface area contributed by atoms with Gasteiger partial charge in [0.1, 0.15) is 0 Å². The van der Waals surface area contributed by atoms with Gasteiger partial charge in [-0.15, -0.1) is 0 Å². The molecule has 5 N–H and O–H groups in total. The third-order valence-corrected chi connectivity index (χ3v) is 11.2. The van der Waals surface area contributed by atoms with Crippen LogP contribution in [0.15, 0.2) is 127 Å². The van der Waals surface area contributed by atoms with E-state index >= 15 is 0 Å². The summed E-state index contributed by atoms with van der Waals surface area (Å²) in [6, 6.07) is 42.5. The lowest BCUT2D eigenvalue weighted by molar-refractivity contribution is -0.253. The van der Waals surface area contributed by atoms with Gasteiger partial charge in [-0.2, -0.15) is 0 Å². The smallest absolute Gasteiger partial charge is 0.224 e. The van der Waals surface area contributed by atoms with Gasteiger partial charge < -0.3 is 30.9 Å². The molecule has 2 fully saturated rings. The van der Waals surface area contributed by atoms with Crippen molar-refractivity contribution in [3.63, 3.8) is 0 Å². The average molecular weight is 796 g/mol. The standard InChI is InChI=1S/C49H57N5O5/c50-44-17-7-8-18-45(44)52-48(57)20-6-2-5-19-47(56)51-32-38-13-9-14-40(29-38)41-15-10-16-42(30-41)49-58-43(31-46(59-49)39-23-21-37(35-55)22-24-39)34-54-27-25-53(26-28-54)33-36-11-3-1-4-12-36/h1,3-4,7-18,21-24,29-30,43,46,49,55H,2,5-6,19-20,25-28,31-35,50H2,(H,51,56)(H,52,57). The minimum Gasteiger partial charge on any atom is -0.397 e. The highest BCUT2D eigenvalue weighted by molar-refractivity contribution is 5.93. The predicted molar refractivity (Wildman–Crippen MR) is 233 cm³/mol. The second-order valence-electron chi connectivity index (χ2n) is 15.7. The van der Waals surface area contributed by atoms with Crippen molar-refractivity contribution in [1.29, 1.82) is 0 Å². The maximum atomic E-state index is 12.7. The summed E-state index contributed by atoms with van der Waals surface area (Å²) in [4.78, 5) is 30.1. The minimum absolute atomic E-state index is 0.00493. The number of aliphatic hydroxyl groups is 1. The lowest BCUT2D eigenvalue weighted by Crippen LogP contribution is -2.49. The Kier molecular flexibility index (Phi) is 14.9. The number of anilines is 2. The molecule has 5 aromatic carbocycles. The first kappa shape index (κ1) is 41.8. The van der Waals surface area contributed by atoms with Gasteiger partial charge in [0, 0.05) is 70.6 Å². The van der Waals surface area contributed by atoms with Gasteiger partial charge in [-0.1, -0.05) is 110 Å². The van der Waals surface area contributed by atoms with Crippen LogP contribution in [0.3, 0.4) is 0 Å². The number of piperazine rings is 1. The van der Waals surface area contributed by atoms with E-state index in [0.29, 0.717) is 43.6 Å². The Labute approximate surface area is 348 Å². The number of benzene rings is 5. The number of nitrogens with two attached hydrogens (primary N) is 1. The Hall–Kier alpha value is -5.36. The van der Waals surface area contributed by atoms with E-state index in [1.54, 1.807) is 12.1 Å². The number of ether oxygens (including phenoxy) is 2. The zero-order chi connectivity index (χ0) is 40.8. The maximum absolute atomic E-state index is 12.7. The molecule has 10 nitrogen and oxygen atoms in total. The average Bonchev–Trinajstić information content (AvgIpc) is 3.27. The highest BCUT2D eigenvalue weighted by atomic mass is 16.7. The molecule has 308 valence electrons. The first-order valence-corrected chi connectivity index (χ1v) is 21.0. The Balaban J connectivity index is 0.926. The van der Waals surface area contributed by atoms with Crippen LogP contribution in [0.5, 0.6) is 0 Å². The van der Waals surface area contributed by atoms with Crippen LogP contribution in [-0.4, -0.2) is 65.5 Å². The van der Waals surface area contributed by atoms with Crippen LogP contribution < -0.4 is 16.4 Å². The molecule has 2 aliphatic rings. The van der Waals surface area contributed by atoms with Crippen molar-refractivity contribution < 1.29 is 24.2 Å². The van der Waals surface area contributed by atoms with Gasteiger partial charge in [-0.05, 0) is 70.5 Å². The lowest BCUT2D eigenvalue weighted by Gasteiger charge is -2.41. The molecular formula is C49H57N5O5. The van der Waals surface area contributed by atoms with Crippen LogP contribution in [0.4, 0.5) is 11.4 Å². The van der Waals surface area contributed by atoms with E-state index in [-0.39, 0.29) is 30.6 Å². The third kappa shape index (κ3) is 12.3. The van der Waals surface area contributed by atoms with E-state index in [1.807, 2.05) is 42.5 Å². The first-order valence-electron chi connectivity index (χ1n) is 21.0. The fourth-order valence-corrected chi connectivity index (χ4v) is 7.88. The normalized spacial score (nSPS) is 18.6. The van der Waals surface area contributed by atoms with Gasteiger partial charge in [-0.3, -0.25) is 19.4 Å². The second-order valence-corrected chi connectivity index (χ2v) is 15.7. The van der Waals surface area contributed by atoms with Crippen molar-refractivity contribution in [2.45, 2.75) is 76.7 Å². The number of unbranched alkanes of at least 4 members (excludes halogenated alkanes) is 2. The molecule has 59 heavy (non-hydrogen) atoms. The molecule has 0 aliphatic carbocycles. The fraction of sp³-hybridized carbons (Fsp3) is 0.347. The summed E-state index contributed by atoms with van der Waals surface area (Å²) in [5, 5.41) is 15.6. The van der Waals surface area contributed by atoms with Crippen LogP contribution in [0.25, 0.3) is 11.1 Å². The summed E-state index contributed by atoms with van der Waals surface area (Å²) in [5.74, 6) is -0.0792. The number of amides is 2. The number of nitrogens with zero attached hydrogens (tertiary/aromatic N) is 2. The van der Waals surface area contributed by atoms with Gasteiger partial charge in [0.25, 0.3) is 0 Å². The largest absolute Gasteiger partial charge is 0.397 e. The maximum Gasteiger partial charge on any atom is 0.224 e. The molecule has 2 aliphatic heterocycles. The van der Waals surface area contributed by atoms with Crippen molar-refractivity contribution >= 4 is 23.2 Å². The van der Waals surface area contributed by atoms with Crippen molar-refractivity contribution in [3.05, 3.63) is 155 Å². The molecule has 0 saturated carbocycles.